The van der Waals surface area contributed by atoms with Gasteiger partial charge in [-0.2, -0.15) is 4.31 Å². The number of carbonyl (C=O) groups excluding carboxylic acids is 1. The summed E-state index contributed by atoms with van der Waals surface area (Å²) in [7, 11) is -1.80. The van der Waals surface area contributed by atoms with Gasteiger partial charge in [-0.3, -0.25) is 9.78 Å². The summed E-state index contributed by atoms with van der Waals surface area (Å²) in [4.78, 5) is 18.0. The van der Waals surface area contributed by atoms with E-state index in [0.29, 0.717) is 13.0 Å². The zero-order chi connectivity index (χ0) is 19.2. The van der Waals surface area contributed by atoms with Crippen LogP contribution in [0.25, 0.3) is 0 Å². The second-order valence-electron chi connectivity index (χ2n) is 6.44. The average Bonchev–Trinajstić information content (AvgIpc) is 2.59. The maximum Gasteiger partial charge on any atom is 0.237 e. The van der Waals surface area contributed by atoms with Crippen LogP contribution in [-0.4, -0.2) is 54.9 Å². The minimum absolute atomic E-state index is 0.167. The number of hydrogen-bond acceptors (Lipinski definition) is 4. The van der Waals surface area contributed by atoms with Crippen molar-refractivity contribution >= 4 is 15.9 Å². The van der Waals surface area contributed by atoms with Gasteiger partial charge in [0, 0.05) is 32.5 Å². The molecule has 1 amide bonds. The van der Waals surface area contributed by atoms with Crippen molar-refractivity contribution in [2.45, 2.75) is 19.9 Å². The van der Waals surface area contributed by atoms with Gasteiger partial charge in [-0.25, -0.2) is 8.42 Å². The van der Waals surface area contributed by atoms with E-state index in [4.69, 9.17) is 0 Å². The van der Waals surface area contributed by atoms with Crippen LogP contribution < -0.4 is 0 Å². The van der Waals surface area contributed by atoms with Gasteiger partial charge in [0.25, 0.3) is 0 Å². The molecular formula is C19H25N3O3S. The fourth-order valence-electron chi connectivity index (χ4n) is 2.55. The molecule has 0 aliphatic heterocycles. The fourth-order valence-corrected chi connectivity index (χ4v) is 3.28. The van der Waals surface area contributed by atoms with E-state index in [0.717, 1.165) is 22.9 Å². The molecule has 140 valence electrons. The Morgan fingerprint density at radius 2 is 1.81 bits per heavy atom. The van der Waals surface area contributed by atoms with E-state index in [1.165, 1.54) is 4.31 Å². The monoisotopic (exact) mass is 375 g/mol. The van der Waals surface area contributed by atoms with E-state index in [1.54, 1.807) is 24.3 Å². The van der Waals surface area contributed by atoms with E-state index in [9.17, 15) is 13.2 Å². The first-order chi connectivity index (χ1) is 12.3. The van der Waals surface area contributed by atoms with Crippen molar-refractivity contribution in [3.63, 3.8) is 0 Å². The molecule has 2 rings (SSSR count). The molecule has 6 nitrogen and oxygen atoms in total. The van der Waals surface area contributed by atoms with Crippen molar-refractivity contribution in [1.29, 1.82) is 0 Å². The molecule has 0 radical (unpaired) electrons. The highest BCUT2D eigenvalue weighted by molar-refractivity contribution is 7.88. The van der Waals surface area contributed by atoms with Crippen LogP contribution in [0.1, 0.15) is 16.7 Å². The summed E-state index contributed by atoms with van der Waals surface area (Å²) in [5.74, 6) is -0.225. The maximum absolute atomic E-state index is 12.5. The summed E-state index contributed by atoms with van der Waals surface area (Å²) in [6.45, 7) is 2.49. The number of hydrogen-bond donors (Lipinski definition) is 0. The molecule has 0 unspecified atom stereocenters. The third-order valence-electron chi connectivity index (χ3n) is 4.13. The number of likely N-dealkylation sites (N-methyl/N-ethyl adjacent to an activating group) is 1. The highest BCUT2D eigenvalue weighted by atomic mass is 32.2. The summed E-state index contributed by atoms with van der Waals surface area (Å²) in [5.41, 5.74) is 3.00. The summed E-state index contributed by atoms with van der Waals surface area (Å²) >= 11 is 0. The number of pyridine rings is 1. The molecule has 0 aliphatic rings. The average molecular weight is 375 g/mol. The van der Waals surface area contributed by atoms with Crippen molar-refractivity contribution in [3.8, 4) is 0 Å². The highest BCUT2D eigenvalue weighted by Gasteiger charge is 2.22. The molecule has 0 atom stereocenters. The van der Waals surface area contributed by atoms with Crippen LogP contribution in [0, 0.1) is 6.92 Å². The molecule has 0 aliphatic carbocycles. The zero-order valence-corrected chi connectivity index (χ0v) is 16.2. The van der Waals surface area contributed by atoms with Gasteiger partial charge >= 0.3 is 0 Å². The number of sulfonamides is 1. The van der Waals surface area contributed by atoms with Crippen LogP contribution in [0.2, 0.25) is 0 Å². The fraction of sp³-hybridized carbons (Fsp3) is 0.368. The predicted octanol–water partition coefficient (Wildman–Crippen LogP) is 1.85. The predicted molar refractivity (Wildman–Crippen MR) is 102 cm³/mol. The number of aryl methyl sites for hydroxylation is 1. The van der Waals surface area contributed by atoms with Gasteiger partial charge in [0.1, 0.15) is 0 Å². The smallest absolute Gasteiger partial charge is 0.237 e. The van der Waals surface area contributed by atoms with E-state index >= 15 is 0 Å². The molecule has 0 saturated carbocycles. The number of carbonyl (C=O) groups is 1. The van der Waals surface area contributed by atoms with Crippen LogP contribution in [-0.2, 0) is 27.8 Å². The van der Waals surface area contributed by atoms with Crippen molar-refractivity contribution in [2.75, 3.05) is 26.4 Å². The van der Waals surface area contributed by atoms with Crippen LogP contribution in [0.5, 0.6) is 0 Å². The molecule has 2 aromatic rings. The SMILES string of the molecule is Cc1cccc(CN(CC(=O)N(C)CCc2ccncc2)S(C)(=O)=O)c1. The number of rotatable bonds is 8. The molecular weight excluding hydrogens is 350 g/mol. The number of amides is 1. The van der Waals surface area contributed by atoms with Crippen LogP contribution in [0.15, 0.2) is 48.8 Å². The van der Waals surface area contributed by atoms with Crippen molar-refractivity contribution in [1.82, 2.24) is 14.2 Å². The van der Waals surface area contributed by atoms with Crippen LogP contribution >= 0.6 is 0 Å². The Hall–Kier alpha value is -2.25. The van der Waals surface area contributed by atoms with E-state index in [-0.39, 0.29) is 19.0 Å². The van der Waals surface area contributed by atoms with Crippen molar-refractivity contribution in [2.24, 2.45) is 0 Å². The third kappa shape index (κ3) is 6.24. The first-order valence-electron chi connectivity index (χ1n) is 8.39. The lowest BCUT2D eigenvalue weighted by Crippen LogP contribution is -2.41. The Morgan fingerprint density at radius 3 is 2.42 bits per heavy atom. The molecule has 1 aromatic heterocycles. The largest absolute Gasteiger partial charge is 0.344 e. The number of benzene rings is 1. The molecule has 1 aromatic carbocycles. The first kappa shape index (κ1) is 20.1. The quantitative estimate of drug-likeness (QED) is 0.706. The number of aromatic nitrogens is 1. The lowest BCUT2D eigenvalue weighted by molar-refractivity contribution is -0.130. The van der Waals surface area contributed by atoms with E-state index < -0.39 is 10.0 Å². The van der Waals surface area contributed by atoms with E-state index in [2.05, 4.69) is 4.98 Å². The molecule has 0 saturated heterocycles. The van der Waals surface area contributed by atoms with Gasteiger partial charge in [0.15, 0.2) is 0 Å². The molecule has 0 fully saturated rings. The summed E-state index contributed by atoms with van der Waals surface area (Å²) in [5, 5.41) is 0. The molecule has 0 spiro atoms. The van der Waals surface area contributed by atoms with Crippen molar-refractivity contribution in [3.05, 3.63) is 65.5 Å². The van der Waals surface area contributed by atoms with Crippen LogP contribution in [0.3, 0.4) is 0 Å². The Morgan fingerprint density at radius 1 is 1.12 bits per heavy atom. The zero-order valence-electron chi connectivity index (χ0n) is 15.4. The van der Waals surface area contributed by atoms with Crippen LogP contribution in [0.4, 0.5) is 0 Å². The lowest BCUT2D eigenvalue weighted by atomic mass is 10.1. The normalized spacial score (nSPS) is 11.5. The Balaban J connectivity index is 1.99. The van der Waals surface area contributed by atoms with Crippen molar-refractivity contribution < 1.29 is 13.2 Å². The third-order valence-corrected chi connectivity index (χ3v) is 5.33. The second-order valence-corrected chi connectivity index (χ2v) is 8.42. The molecule has 0 bridgehead atoms. The summed E-state index contributed by atoms with van der Waals surface area (Å²) < 4.78 is 25.4. The standard InChI is InChI=1S/C19H25N3O3S/c1-16-5-4-6-18(13-16)14-22(26(3,24)25)15-19(23)21(2)12-9-17-7-10-20-11-8-17/h4-8,10-11,13H,9,12,14-15H2,1-3H3. The molecule has 1 heterocycles. The molecule has 0 N–H and O–H groups in total. The Bertz CT molecular complexity index is 838. The van der Waals surface area contributed by atoms with Gasteiger partial charge in [-0.1, -0.05) is 29.8 Å². The first-order valence-corrected chi connectivity index (χ1v) is 10.2. The number of nitrogens with zero attached hydrogens (tertiary/aromatic N) is 3. The summed E-state index contributed by atoms with van der Waals surface area (Å²) in [6, 6.07) is 11.4. The minimum Gasteiger partial charge on any atom is -0.344 e. The van der Waals surface area contributed by atoms with Gasteiger partial charge < -0.3 is 4.90 Å². The van der Waals surface area contributed by atoms with E-state index in [1.807, 2.05) is 43.3 Å². The van der Waals surface area contributed by atoms with Gasteiger partial charge in [-0.05, 0) is 36.6 Å². The topological polar surface area (TPSA) is 70.6 Å². The highest BCUT2D eigenvalue weighted by Crippen LogP contribution is 2.11. The molecule has 7 heteroatoms. The minimum atomic E-state index is -3.49. The lowest BCUT2D eigenvalue weighted by Gasteiger charge is -2.23. The Labute approximate surface area is 155 Å². The van der Waals surface area contributed by atoms with Gasteiger partial charge in [0.05, 0.1) is 12.8 Å². The Kier molecular flexibility index (Phi) is 6.88. The molecule has 26 heavy (non-hydrogen) atoms. The second kappa shape index (κ2) is 8.91. The van der Waals surface area contributed by atoms with Gasteiger partial charge in [-0.15, -0.1) is 0 Å². The summed E-state index contributed by atoms with van der Waals surface area (Å²) in [6.07, 6.45) is 5.25. The van der Waals surface area contributed by atoms with Gasteiger partial charge in [0.2, 0.25) is 15.9 Å². The maximum atomic E-state index is 12.5.